The fourth-order valence-electron chi connectivity index (χ4n) is 3.52. The minimum Gasteiger partial charge on any atom is -0.480 e. The summed E-state index contributed by atoms with van der Waals surface area (Å²) in [4.78, 5) is 14.3. The number of carboxylic acids is 1. The van der Waals surface area contributed by atoms with Crippen LogP contribution in [0, 0.1) is 5.92 Å². The molecule has 0 heterocycles. The minimum atomic E-state index is -0.685. The Hall–Kier alpha value is -0.610. The first kappa shape index (κ1) is 15.8. The number of aliphatic carboxylic acids is 1. The Labute approximate surface area is 122 Å². The number of rotatable bonds is 8. The van der Waals surface area contributed by atoms with E-state index in [1.54, 1.807) is 0 Å². The van der Waals surface area contributed by atoms with E-state index >= 15 is 0 Å². The predicted molar refractivity (Wildman–Crippen MR) is 80.9 cm³/mol. The van der Waals surface area contributed by atoms with Crippen molar-refractivity contribution in [2.75, 3.05) is 19.6 Å². The normalized spacial score (nSPS) is 30.6. The zero-order chi connectivity index (χ0) is 14.6. The molecular formula is C16H30N2O2. The van der Waals surface area contributed by atoms with Crippen LogP contribution in [-0.2, 0) is 4.79 Å². The lowest BCUT2D eigenvalue weighted by Crippen LogP contribution is -2.58. The largest absolute Gasteiger partial charge is 0.480 e. The van der Waals surface area contributed by atoms with Crippen LogP contribution in [0.15, 0.2) is 0 Å². The lowest BCUT2D eigenvalue weighted by Gasteiger charge is -2.43. The Morgan fingerprint density at radius 1 is 1.35 bits per heavy atom. The zero-order valence-electron chi connectivity index (χ0n) is 13.0. The van der Waals surface area contributed by atoms with Crippen LogP contribution in [0.3, 0.4) is 0 Å². The van der Waals surface area contributed by atoms with Gasteiger partial charge in [0.15, 0.2) is 0 Å². The van der Waals surface area contributed by atoms with E-state index in [1.807, 2.05) is 0 Å². The highest BCUT2D eigenvalue weighted by molar-refractivity contribution is 5.79. The zero-order valence-corrected chi connectivity index (χ0v) is 13.0. The molecule has 2 saturated carbocycles. The Kier molecular flexibility index (Phi) is 5.44. The van der Waals surface area contributed by atoms with Gasteiger partial charge in [0.1, 0.15) is 5.54 Å². The molecule has 116 valence electrons. The summed E-state index contributed by atoms with van der Waals surface area (Å²) >= 11 is 0. The molecule has 2 aliphatic rings. The molecule has 20 heavy (non-hydrogen) atoms. The monoisotopic (exact) mass is 282 g/mol. The van der Waals surface area contributed by atoms with Gasteiger partial charge >= 0.3 is 5.97 Å². The summed E-state index contributed by atoms with van der Waals surface area (Å²) in [5.41, 5.74) is -0.685. The molecule has 2 rings (SSSR count). The second-order valence-electron chi connectivity index (χ2n) is 6.60. The first-order valence-electron chi connectivity index (χ1n) is 8.33. The highest BCUT2D eigenvalue weighted by atomic mass is 16.4. The Morgan fingerprint density at radius 3 is 2.65 bits per heavy atom. The SMILES string of the molecule is CCCNC1(C(=O)O)CCCC(N(CC)CC2CC2)C1. The van der Waals surface area contributed by atoms with E-state index < -0.39 is 11.5 Å². The second-order valence-corrected chi connectivity index (χ2v) is 6.60. The van der Waals surface area contributed by atoms with Crippen LogP contribution < -0.4 is 5.32 Å². The van der Waals surface area contributed by atoms with Gasteiger partial charge in [0.25, 0.3) is 0 Å². The molecule has 2 aliphatic carbocycles. The van der Waals surface area contributed by atoms with E-state index in [4.69, 9.17) is 0 Å². The Balaban J connectivity index is 2.01. The smallest absolute Gasteiger partial charge is 0.323 e. The van der Waals surface area contributed by atoms with Crippen molar-refractivity contribution in [3.63, 3.8) is 0 Å². The Bertz CT molecular complexity index is 330. The van der Waals surface area contributed by atoms with Gasteiger partial charge in [-0.15, -0.1) is 0 Å². The molecular weight excluding hydrogens is 252 g/mol. The minimum absolute atomic E-state index is 0.440. The maximum atomic E-state index is 11.8. The van der Waals surface area contributed by atoms with Crippen LogP contribution in [0.2, 0.25) is 0 Å². The van der Waals surface area contributed by atoms with E-state index in [9.17, 15) is 9.90 Å². The number of hydrogen-bond acceptors (Lipinski definition) is 3. The lowest BCUT2D eigenvalue weighted by molar-refractivity contribution is -0.147. The summed E-state index contributed by atoms with van der Waals surface area (Å²) in [6.07, 6.45) is 7.43. The number of nitrogens with one attached hydrogen (secondary N) is 1. The summed E-state index contributed by atoms with van der Waals surface area (Å²) in [6, 6.07) is 0.440. The molecule has 4 heteroatoms. The average Bonchev–Trinajstić information content (AvgIpc) is 3.26. The van der Waals surface area contributed by atoms with Crippen molar-refractivity contribution < 1.29 is 9.90 Å². The van der Waals surface area contributed by atoms with Crippen molar-refractivity contribution in [3.05, 3.63) is 0 Å². The van der Waals surface area contributed by atoms with Crippen LogP contribution in [0.4, 0.5) is 0 Å². The van der Waals surface area contributed by atoms with Gasteiger partial charge in [0.2, 0.25) is 0 Å². The van der Waals surface area contributed by atoms with Gasteiger partial charge in [-0.25, -0.2) is 0 Å². The number of carboxylic acid groups (broad SMARTS) is 1. The van der Waals surface area contributed by atoms with Gasteiger partial charge in [-0.2, -0.15) is 0 Å². The second kappa shape index (κ2) is 6.90. The summed E-state index contributed by atoms with van der Waals surface area (Å²) < 4.78 is 0. The van der Waals surface area contributed by atoms with Gasteiger partial charge < -0.3 is 15.3 Å². The lowest BCUT2D eigenvalue weighted by atomic mass is 9.78. The summed E-state index contributed by atoms with van der Waals surface area (Å²) in [5, 5.41) is 13.0. The summed E-state index contributed by atoms with van der Waals surface area (Å²) in [6.45, 7) is 7.32. The van der Waals surface area contributed by atoms with Crippen molar-refractivity contribution in [1.29, 1.82) is 0 Å². The van der Waals surface area contributed by atoms with Crippen molar-refractivity contribution in [2.24, 2.45) is 5.92 Å². The van der Waals surface area contributed by atoms with Gasteiger partial charge in [0, 0.05) is 12.6 Å². The number of hydrogen-bond donors (Lipinski definition) is 2. The molecule has 2 N–H and O–H groups in total. The van der Waals surface area contributed by atoms with Crippen LogP contribution in [0.25, 0.3) is 0 Å². The number of carbonyl (C=O) groups is 1. The first-order valence-corrected chi connectivity index (χ1v) is 8.33. The fourth-order valence-corrected chi connectivity index (χ4v) is 3.52. The summed E-state index contributed by atoms with van der Waals surface area (Å²) in [7, 11) is 0. The topological polar surface area (TPSA) is 52.6 Å². The van der Waals surface area contributed by atoms with Crippen LogP contribution in [-0.4, -0.2) is 47.2 Å². The fraction of sp³-hybridized carbons (Fsp3) is 0.938. The van der Waals surface area contributed by atoms with Crippen LogP contribution >= 0.6 is 0 Å². The van der Waals surface area contributed by atoms with Crippen molar-refractivity contribution >= 4 is 5.97 Å². The van der Waals surface area contributed by atoms with Gasteiger partial charge in [-0.05, 0) is 64.0 Å². The molecule has 2 fully saturated rings. The van der Waals surface area contributed by atoms with Crippen LogP contribution in [0.5, 0.6) is 0 Å². The molecule has 4 nitrogen and oxygen atoms in total. The molecule has 0 bridgehead atoms. The third-order valence-corrected chi connectivity index (χ3v) is 4.96. The molecule has 0 spiro atoms. The average molecular weight is 282 g/mol. The molecule has 0 aromatic heterocycles. The van der Waals surface area contributed by atoms with E-state index in [2.05, 4.69) is 24.1 Å². The predicted octanol–water partition coefficient (Wildman–Crippen LogP) is 2.48. The molecule has 0 aromatic carbocycles. The highest BCUT2D eigenvalue weighted by Crippen LogP contribution is 2.35. The molecule has 0 amide bonds. The van der Waals surface area contributed by atoms with E-state index in [0.717, 1.165) is 51.1 Å². The quantitative estimate of drug-likeness (QED) is 0.718. The van der Waals surface area contributed by atoms with E-state index in [1.165, 1.54) is 19.4 Å². The van der Waals surface area contributed by atoms with Gasteiger partial charge in [-0.1, -0.05) is 13.8 Å². The van der Waals surface area contributed by atoms with Crippen molar-refractivity contribution in [2.45, 2.75) is 70.4 Å². The maximum absolute atomic E-state index is 11.8. The molecule has 0 saturated heterocycles. The molecule has 0 aromatic rings. The van der Waals surface area contributed by atoms with E-state index in [-0.39, 0.29) is 0 Å². The summed E-state index contributed by atoms with van der Waals surface area (Å²) in [5.74, 6) is 0.220. The van der Waals surface area contributed by atoms with Crippen molar-refractivity contribution in [1.82, 2.24) is 10.2 Å². The highest BCUT2D eigenvalue weighted by Gasteiger charge is 2.44. The Morgan fingerprint density at radius 2 is 2.10 bits per heavy atom. The molecule has 0 radical (unpaired) electrons. The van der Waals surface area contributed by atoms with Crippen LogP contribution in [0.1, 0.15) is 58.8 Å². The first-order chi connectivity index (χ1) is 9.61. The van der Waals surface area contributed by atoms with Gasteiger partial charge in [0.05, 0.1) is 0 Å². The maximum Gasteiger partial charge on any atom is 0.323 e. The third-order valence-electron chi connectivity index (χ3n) is 4.96. The molecule has 2 atom stereocenters. The molecule has 2 unspecified atom stereocenters. The molecule has 0 aliphatic heterocycles. The number of nitrogens with zero attached hydrogens (tertiary/aromatic N) is 1. The standard InChI is InChI=1S/C16H30N2O2/c1-3-10-17-16(15(19)20)9-5-6-14(11-16)18(4-2)12-13-7-8-13/h13-14,17H,3-12H2,1-2H3,(H,19,20). The third kappa shape index (κ3) is 3.73. The van der Waals surface area contributed by atoms with Crippen molar-refractivity contribution in [3.8, 4) is 0 Å². The van der Waals surface area contributed by atoms with E-state index in [0.29, 0.717) is 6.04 Å². The van der Waals surface area contributed by atoms with Gasteiger partial charge in [-0.3, -0.25) is 4.79 Å².